The number of nitrogens with one attached hydrogen (secondary N) is 2. The van der Waals surface area contributed by atoms with Crippen LogP contribution in [0.25, 0.3) is 10.9 Å². The zero-order valence-electron chi connectivity index (χ0n) is 12.9. The van der Waals surface area contributed by atoms with Crippen LogP contribution in [-0.2, 0) is 10.0 Å². The Morgan fingerprint density at radius 1 is 1.20 bits per heavy atom. The first-order chi connectivity index (χ1) is 11.8. The van der Waals surface area contributed by atoms with E-state index in [0.29, 0.717) is 16.7 Å². The molecule has 3 rings (SSSR count). The van der Waals surface area contributed by atoms with E-state index in [4.69, 9.17) is 4.74 Å². The number of fused-ring (bicyclic) bond motifs is 1. The number of H-pyrrole nitrogens is 1. The summed E-state index contributed by atoms with van der Waals surface area (Å²) in [5.41, 5.74) is -0.219. The van der Waals surface area contributed by atoms with Crippen LogP contribution in [0.4, 0.5) is 10.1 Å². The van der Waals surface area contributed by atoms with Gasteiger partial charge in [-0.25, -0.2) is 12.8 Å². The maximum Gasteiger partial charge on any atom is 0.261 e. The van der Waals surface area contributed by atoms with Crippen molar-refractivity contribution < 1.29 is 27.4 Å². The van der Waals surface area contributed by atoms with E-state index in [2.05, 4.69) is 9.71 Å². The lowest BCUT2D eigenvalue weighted by atomic mass is 10.2. The van der Waals surface area contributed by atoms with Crippen molar-refractivity contribution in [1.82, 2.24) is 4.98 Å². The first-order valence-corrected chi connectivity index (χ1v) is 8.49. The second-order valence-corrected chi connectivity index (χ2v) is 6.82. The van der Waals surface area contributed by atoms with Gasteiger partial charge in [0, 0.05) is 10.9 Å². The molecule has 0 bridgehead atoms. The highest BCUT2D eigenvalue weighted by molar-refractivity contribution is 7.92. The summed E-state index contributed by atoms with van der Waals surface area (Å²) in [6.07, 6.45) is 0. The number of aromatic carboxylic acids is 1. The molecule has 25 heavy (non-hydrogen) atoms. The van der Waals surface area contributed by atoms with E-state index in [1.165, 1.54) is 13.2 Å². The van der Waals surface area contributed by atoms with Gasteiger partial charge in [-0.1, -0.05) is 0 Å². The highest BCUT2D eigenvalue weighted by Crippen LogP contribution is 2.32. The lowest BCUT2D eigenvalue weighted by Crippen LogP contribution is -2.25. The minimum Gasteiger partial charge on any atom is -0.543 e. The number of methoxy groups -OCH3 is 1. The fourth-order valence-corrected chi connectivity index (χ4v) is 3.46. The maximum absolute atomic E-state index is 13.0. The van der Waals surface area contributed by atoms with Crippen LogP contribution in [-0.4, -0.2) is 26.5 Å². The largest absolute Gasteiger partial charge is 0.543 e. The average molecular weight is 363 g/mol. The number of halogens is 1. The van der Waals surface area contributed by atoms with Crippen molar-refractivity contribution in [3.63, 3.8) is 0 Å². The summed E-state index contributed by atoms with van der Waals surface area (Å²) in [6.45, 7) is 0. The number of aromatic amines is 1. The molecule has 9 heteroatoms. The molecule has 7 nitrogen and oxygen atoms in total. The Balaban J connectivity index is 2.14. The smallest absolute Gasteiger partial charge is 0.261 e. The molecule has 0 fully saturated rings. The van der Waals surface area contributed by atoms with Crippen molar-refractivity contribution in [2.45, 2.75) is 4.90 Å². The number of rotatable bonds is 5. The number of carboxylic acids is 1. The molecule has 0 spiro atoms. The zero-order valence-corrected chi connectivity index (χ0v) is 13.7. The van der Waals surface area contributed by atoms with Crippen molar-refractivity contribution in [1.29, 1.82) is 0 Å². The molecule has 0 amide bonds. The summed E-state index contributed by atoms with van der Waals surface area (Å²) in [6, 6.07) is 8.77. The third kappa shape index (κ3) is 3.13. The standard InChI is InChI=1S/C16H13FN2O5S/c1-24-10-4-7-13-12(8-10)14(15(18-13)16(20)21)19-25(22,23)11-5-2-9(17)3-6-11/h2-8,18-19H,1H3,(H,20,21)/p-1. The summed E-state index contributed by atoms with van der Waals surface area (Å²) >= 11 is 0. The normalized spacial score (nSPS) is 11.4. The fraction of sp³-hybridized carbons (Fsp3) is 0.0625. The Labute approximate surface area is 142 Å². The van der Waals surface area contributed by atoms with Gasteiger partial charge in [0.2, 0.25) is 0 Å². The summed E-state index contributed by atoms with van der Waals surface area (Å²) in [5.74, 6) is -1.75. The Kier molecular flexibility index (Phi) is 4.09. The second kappa shape index (κ2) is 6.10. The summed E-state index contributed by atoms with van der Waals surface area (Å²) in [5, 5.41) is 11.7. The zero-order chi connectivity index (χ0) is 18.2. The van der Waals surface area contributed by atoms with Crippen LogP contribution in [0.3, 0.4) is 0 Å². The molecule has 130 valence electrons. The molecule has 3 aromatic rings. The van der Waals surface area contributed by atoms with Crippen LogP contribution in [0.5, 0.6) is 5.75 Å². The summed E-state index contributed by atoms with van der Waals surface area (Å²) < 4.78 is 45.3. The minimum atomic E-state index is -4.14. The fourth-order valence-electron chi connectivity index (χ4n) is 2.36. The van der Waals surface area contributed by atoms with Crippen molar-refractivity contribution in [3.05, 3.63) is 54.0 Å². The van der Waals surface area contributed by atoms with Gasteiger partial charge in [-0.15, -0.1) is 0 Å². The molecule has 2 N–H and O–H groups in total. The maximum atomic E-state index is 13.0. The van der Waals surface area contributed by atoms with E-state index in [1.54, 1.807) is 12.1 Å². The molecule has 0 atom stereocenters. The first kappa shape index (κ1) is 16.8. The SMILES string of the molecule is COc1ccc2[nH]c(C(=O)[O-])c(NS(=O)(=O)c3ccc(F)cc3)c2c1. The Bertz CT molecular complexity index is 1060. The number of carboxylic acid groups (broad SMARTS) is 1. The molecule has 1 aromatic heterocycles. The third-order valence-electron chi connectivity index (χ3n) is 3.57. The average Bonchev–Trinajstić information content (AvgIpc) is 2.92. The second-order valence-electron chi connectivity index (χ2n) is 5.13. The van der Waals surface area contributed by atoms with Gasteiger partial charge in [0.15, 0.2) is 0 Å². The van der Waals surface area contributed by atoms with Crippen molar-refractivity contribution in [3.8, 4) is 5.75 Å². The summed E-state index contributed by atoms with van der Waals surface area (Å²) in [4.78, 5) is 13.7. The van der Waals surface area contributed by atoms with Gasteiger partial charge in [-0.05, 0) is 42.5 Å². The minimum absolute atomic E-state index is 0.182. The molecule has 0 radical (unpaired) electrons. The molecular weight excluding hydrogens is 351 g/mol. The highest BCUT2D eigenvalue weighted by atomic mass is 32.2. The van der Waals surface area contributed by atoms with Gasteiger partial charge in [-0.2, -0.15) is 0 Å². The monoisotopic (exact) mass is 363 g/mol. The van der Waals surface area contributed by atoms with Crippen LogP contribution in [0.2, 0.25) is 0 Å². The predicted molar refractivity (Wildman–Crippen MR) is 86.4 cm³/mol. The Morgan fingerprint density at radius 3 is 2.48 bits per heavy atom. The summed E-state index contributed by atoms with van der Waals surface area (Å²) in [7, 11) is -2.71. The van der Waals surface area contributed by atoms with Crippen molar-refractivity contribution >= 4 is 32.6 Å². The van der Waals surface area contributed by atoms with E-state index < -0.39 is 27.5 Å². The van der Waals surface area contributed by atoms with Crippen LogP contribution < -0.4 is 14.6 Å². The van der Waals surface area contributed by atoms with E-state index in [1.807, 2.05) is 0 Å². The van der Waals surface area contributed by atoms with Gasteiger partial charge in [0.05, 0.1) is 29.4 Å². The molecule has 2 aromatic carbocycles. The molecule has 0 saturated heterocycles. The molecule has 0 aliphatic rings. The van der Waals surface area contributed by atoms with Crippen molar-refractivity contribution in [2.24, 2.45) is 0 Å². The van der Waals surface area contributed by atoms with Crippen LogP contribution >= 0.6 is 0 Å². The Morgan fingerprint density at radius 2 is 1.88 bits per heavy atom. The topological polar surface area (TPSA) is 111 Å². The number of carbonyl (C=O) groups is 1. The number of ether oxygens (including phenoxy) is 1. The van der Waals surface area contributed by atoms with Crippen LogP contribution in [0, 0.1) is 5.82 Å². The Hall–Kier alpha value is -3.07. The van der Waals surface area contributed by atoms with Gasteiger partial charge < -0.3 is 19.6 Å². The van der Waals surface area contributed by atoms with Crippen LogP contribution in [0.15, 0.2) is 47.4 Å². The molecule has 0 unspecified atom stereocenters. The number of hydrogen-bond acceptors (Lipinski definition) is 5. The number of benzene rings is 2. The van der Waals surface area contributed by atoms with E-state index in [-0.39, 0.29) is 10.6 Å². The molecular formula is C16H12FN2O5S-. The van der Waals surface area contributed by atoms with Crippen molar-refractivity contribution in [2.75, 3.05) is 11.8 Å². The molecule has 0 saturated carbocycles. The molecule has 0 aliphatic carbocycles. The number of hydrogen-bond donors (Lipinski definition) is 2. The molecule has 1 heterocycles. The van der Waals surface area contributed by atoms with Crippen LogP contribution in [0.1, 0.15) is 10.5 Å². The van der Waals surface area contributed by atoms with E-state index in [0.717, 1.165) is 24.3 Å². The predicted octanol–water partition coefficient (Wildman–Crippen LogP) is 1.48. The molecule has 0 aliphatic heterocycles. The van der Waals surface area contributed by atoms with Gasteiger partial charge in [-0.3, -0.25) is 4.72 Å². The van der Waals surface area contributed by atoms with Gasteiger partial charge in [0.1, 0.15) is 11.6 Å². The first-order valence-electron chi connectivity index (χ1n) is 7.01. The van der Waals surface area contributed by atoms with E-state index >= 15 is 0 Å². The lowest BCUT2D eigenvalue weighted by Gasteiger charge is -2.10. The quantitative estimate of drug-likeness (QED) is 0.713. The highest BCUT2D eigenvalue weighted by Gasteiger charge is 2.21. The van der Waals surface area contributed by atoms with Gasteiger partial charge >= 0.3 is 0 Å². The number of carbonyl (C=O) groups excluding carboxylic acids is 1. The third-order valence-corrected chi connectivity index (χ3v) is 4.94. The number of sulfonamides is 1. The van der Waals surface area contributed by atoms with E-state index in [9.17, 15) is 22.7 Å². The number of anilines is 1. The lowest BCUT2D eigenvalue weighted by molar-refractivity contribution is -0.255. The van der Waals surface area contributed by atoms with Gasteiger partial charge in [0.25, 0.3) is 10.0 Å². The number of aromatic nitrogens is 1.